The summed E-state index contributed by atoms with van der Waals surface area (Å²) < 4.78 is 0. The Kier molecular flexibility index (Phi) is 3.63. The molecule has 3 nitrogen and oxygen atoms in total. The number of carbonyl (C=O) groups is 1. The van der Waals surface area contributed by atoms with Gasteiger partial charge in [-0.25, -0.2) is 0 Å². The molecule has 1 aromatic rings. The summed E-state index contributed by atoms with van der Waals surface area (Å²) in [5, 5.41) is 9.04. The van der Waals surface area contributed by atoms with Gasteiger partial charge in [0.2, 0.25) is 5.91 Å². The summed E-state index contributed by atoms with van der Waals surface area (Å²) in [5.41, 5.74) is 1.32. The van der Waals surface area contributed by atoms with Crippen molar-refractivity contribution in [3.8, 4) is 6.07 Å². The average molecular weight is 260 g/mol. The maximum atomic E-state index is 12.2. The zero-order valence-corrected chi connectivity index (χ0v) is 11.3. The minimum absolute atomic E-state index is 0.0595. The number of para-hydroxylation sites is 1. The topological polar surface area (TPSA) is 44.1 Å². The van der Waals surface area contributed by atoms with E-state index in [0.717, 1.165) is 18.6 Å². The smallest absolute Gasteiger partial charge is 0.227 e. The van der Waals surface area contributed by atoms with Gasteiger partial charge in [0.1, 0.15) is 6.07 Å². The first-order valence-electron chi connectivity index (χ1n) is 5.98. The highest BCUT2D eigenvalue weighted by Crippen LogP contribution is 2.49. The van der Waals surface area contributed by atoms with Gasteiger partial charge in [-0.1, -0.05) is 12.1 Å². The zero-order valence-electron chi connectivity index (χ0n) is 10.4. The molecule has 0 N–H and O–H groups in total. The maximum Gasteiger partial charge on any atom is 0.227 e. The second-order valence-corrected chi connectivity index (χ2v) is 5.23. The van der Waals surface area contributed by atoms with E-state index in [1.165, 1.54) is 0 Å². The Balaban J connectivity index is 2.14. The van der Waals surface area contributed by atoms with Crippen molar-refractivity contribution in [3.05, 3.63) is 29.8 Å². The molecule has 94 valence electrons. The molecule has 0 bridgehead atoms. The van der Waals surface area contributed by atoms with Crippen LogP contribution in [0.3, 0.4) is 0 Å². The third-order valence-corrected chi connectivity index (χ3v) is 4.25. The summed E-state index contributed by atoms with van der Waals surface area (Å²) in [4.78, 5) is 13.8. The molecule has 0 aromatic heterocycles. The number of carbonyl (C=O) groups excluding carboxylic acids is 1. The van der Waals surface area contributed by atoms with Crippen molar-refractivity contribution in [1.82, 2.24) is 0 Å². The van der Waals surface area contributed by atoms with Gasteiger partial charge >= 0.3 is 0 Å². The van der Waals surface area contributed by atoms with Crippen molar-refractivity contribution >= 4 is 24.2 Å². The molecule has 2 rings (SSSR count). The van der Waals surface area contributed by atoms with Crippen molar-refractivity contribution in [2.75, 3.05) is 17.7 Å². The van der Waals surface area contributed by atoms with Crippen molar-refractivity contribution < 1.29 is 4.79 Å². The molecule has 0 heterocycles. The minimum atomic E-state index is 0.0595. The molecule has 0 spiro atoms. The largest absolute Gasteiger partial charge is 0.314 e. The van der Waals surface area contributed by atoms with Gasteiger partial charge in [0.15, 0.2) is 0 Å². The minimum Gasteiger partial charge on any atom is -0.314 e. The quantitative estimate of drug-likeness (QED) is 0.846. The number of nitrogens with zero attached hydrogens (tertiary/aromatic N) is 2. The van der Waals surface area contributed by atoms with Crippen molar-refractivity contribution in [1.29, 1.82) is 5.26 Å². The number of thiol groups is 1. The van der Waals surface area contributed by atoms with Crippen LogP contribution in [-0.4, -0.2) is 18.7 Å². The Morgan fingerprint density at radius 3 is 2.72 bits per heavy atom. The van der Waals surface area contributed by atoms with Crippen LogP contribution in [0.1, 0.15) is 24.8 Å². The first-order valence-corrected chi connectivity index (χ1v) is 6.62. The molecule has 0 aliphatic heterocycles. The number of benzene rings is 1. The Morgan fingerprint density at radius 2 is 2.17 bits per heavy atom. The highest BCUT2D eigenvalue weighted by atomic mass is 32.1. The van der Waals surface area contributed by atoms with Crippen LogP contribution in [0, 0.1) is 16.7 Å². The van der Waals surface area contributed by atoms with Gasteiger partial charge in [0, 0.05) is 13.5 Å². The predicted octanol–water partition coefficient (Wildman–Crippen LogP) is 2.62. The van der Waals surface area contributed by atoms with E-state index >= 15 is 0 Å². The zero-order chi connectivity index (χ0) is 13.2. The van der Waals surface area contributed by atoms with Crippen LogP contribution in [0.25, 0.3) is 0 Å². The molecule has 18 heavy (non-hydrogen) atoms. The number of rotatable bonds is 4. The van der Waals surface area contributed by atoms with Crippen LogP contribution in [0.4, 0.5) is 5.69 Å². The third-order valence-electron chi connectivity index (χ3n) is 3.58. The predicted molar refractivity (Wildman–Crippen MR) is 74.7 cm³/mol. The van der Waals surface area contributed by atoms with E-state index in [4.69, 9.17) is 5.26 Å². The second kappa shape index (κ2) is 5.03. The van der Waals surface area contributed by atoms with Crippen LogP contribution in [-0.2, 0) is 4.79 Å². The molecule has 0 unspecified atom stereocenters. The van der Waals surface area contributed by atoms with Gasteiger partial charge in [-0.2, -0.15) is 17.9 Å². The molecule has 0 saturated heterocycles. The van der Waals surface area contributed by atoms with E-state index in [2.05, 4.69) is 18.7 Å². The van der Waals surface area contributed by atoms with Crippen LogP contribution < -0.4 is 4.90 Å². The number of amides is 1. The summed E-state index contributed by atoms with van der Waals surface area (Å²) in [6, 6.07) is 9.28. The summed E-state index contributed by atoms with van der Waals surface area (Å²) in [6.07, 6.45) is 2.68. The average Bonchev–Trinajstić information content (AvgIpc) is 3.18. The number of anilines is 1. The van der Waals surface area contributed by atoms with Gasteiger partial charge < -0.3 is 4.90 Å². The third kappa shape index (κ3) is 2.51. The molecule has 1 aliphatic rings. The lowest BCUT2D eigenvalue weighted by Crippen LogP contribution is -2.29. The standard InChI is InChI=1S/C14H16N2OS/c1-16(12-5-3-2-4-11(12)9-15)13(17)8-14(10-18)6-7-14/h2-5,18H,6-8,10H2,1H3. The fraction of sp³-hybridized carbons (Fsp3) is 0.429. The summed E-state index contributed by atoms with van der Waals surface area (Å²) in [7, 11) is 1.73. The first-order chi connectivity index (χ1) is 8.62. The molecule has 1 saturated carbocycles. The first kappa shape index (κ1) is 13.0. The summed E-state index contributed by atoms with van der Waals surface area (Å²) >= 11 is 4.31. The number of nitriles is 1. The van der Waals surface area contributed by atoms with E-state index in [1.54, 1.807) is 30.1 Å². The van der Waals surface area contributed by atoms with E-state index in [9.17, 15) is 4.79 Å². The van der Waals surface area contributed by atoms with E-state index in [1.807, 2.05) is 6.07 Å². The molecule has 0 radical (unpaired) electrons. The van der Waals surface area contributed by atoms with Gasteiger partial charge in [-0.15, -0.1) is 0 Å². The fourth-order valence-corrected chi connectivity index (χ4v) is 2.43. The lowest BCUT2D eigenvalue weighted by Gasteiger charge is -2.21. The Morgan fingerprint density at radius 1 is 1.50 bits per heavy atom. The second-order valence-electron chi connectivity index (χ2n) is 4.92. The van der Waals surface area contributed by atoms with E-state index in [0.29, 0.717) is 17.7 Å². The lowest BCUT2D eigenvalue weighted by molar-refractivity contribution is -0.119. The molecular weight excluding hydrogens is 244 g/mol. The normalized spacial score (nSPS) is 15.8. The Hall–Kier alpha value is -1.47. The van der Waals surface area contributed by atoms with Crippen molar-refractivity contribution in [2.24, 2.45) is 5.41 Å². The van der Waals surface area contributed by atoms with Gasteiger partial charge in [0.05, 0.1) is 11.3 Å². The van der Waals surface area contributed by atoms with Gasteiger partial charge in [-0.05, 0) is 36.1 Å². The Labute approximate surface area is 113 Å². The van der Waals surface area contributed by atoms with Gasteiger partial charge in [0.25, 0.3) is 0 Å². The van der Waals surface area contributed by atoms with E-state index < -0.39 is 0 Å². The van der Waals surface area contributed by atoms with Crippen molar-refractivity contribution in [2.45, 2.75) is 19.3 Å². The molecule has 0 atom stereocenters. The van der Waals surface area contributed by atoms with Gasteiger partial charge in [-0.3, -0.25) is 4.79 Å². The van der Waals surface area contributed by atoms with Crippen LogP contribution in [0.5, 0.6) is 0 Å². The SMILES string of the molecule is CN(C(=O)CC1(CS)CC1)c1ccccc1C#N. The van der Waals surface area contributed by atoms with Crippen LogP contribution in [0.2, 0.25) is 0 Å². The molecule has 1 aromatic carbocycles. The molecule has 1 aliphatic carbocycles. The number of hydrogen-bond donors (Lipinski definition) is 1. The molecule has 4 heteroatoms. The highest BCUT2D eigenvalue weighted by Gasteiger charge is 2.43. The lowest BCUT2D eigenvalue weighted by atomic mass is 10.0. The van der Waals surface area contributed by atoms with Crippen molar-refractivity contribution in [3.63, 3.8) is 0 Å². The highest BCUT2D eigenvalue weighted by molar-refractivity contribution is 7.80. The maximum absolute atomic E-state index is 12.2. The molecular formula is C14H16N2OS. The summed E-state index contributed by atoms with van der Waals surface area (Å²) in [5.74, 6) is 0.816. The summed E-state index contributed by atoms with van der Waals surface area (Å²) in [6.45, 7) is 0. The van der Waals surface area contributed by atoms with Crippen LogP contribution in [0.15, 0.2) is 24.3 Å². The molecule has 1 fully saturated rings. The van der Waals surface area contributed by atoms with Crippen LogP contribution >= 0.6 is 12.6 Å². The Bertz CT molecular complexity index is 503. The monoisotopic (exact) mass is 260 g/mol. The van der Waals surface area contributed by atoms with E-state index in [-0.39, 0.29) is 11.3 Å². The number of hydrogen-bond acceptors (Lipinski definition) is 3. The fourth-order valence-electron chi connectivity index (χ4n) is 2.00. The molecule has 1 amide bonds.